The number of ether oxygens (including phenoxy) is 1. The molecule has 0 radical (unpaired) electrons. The van der Waals surface area contributed by atoms with Gasteiger partial charge in [0, 0.05) is 31.0 Å². The Bertz CT molecular complexity index is 772. The van der Waals surface area contributed by atoms with Crippen molar-refractivity contribution in [1.29, 1.82) is 0 Å². The highest BCUT2D eigenvalue weighted by molar-refractivity contribution is 5.85. The lowest BCUT2D eigenvalue weighted by Gasteiger charge is -2.28. The lowest BCUT2D eigenvalue weighted by atomic mass is 9.87. The van der Waals surface area contributed by atoms with Gasteiger partial charge in [-0.1, -0.05) is 13.3 Å². The molecule has 1 heterocycles. The van der Waals surface area contributed by atoms with Gasteiger partial charge in [0.15, 0.2) is 0 Å². The van der Waals surface area contributed by atoms with Crippen LogP contribution in [0.3, 0.4) is 0 Å². The fourth-order valence-electron chi connectivity index (χ4n) is 3.41. The molecule has 1 aliphatic rings. The average Bonchev–Trinajstić information content (AvgIpc) is 2.99. The molecule has 28 heavy (non-hydrogen) atoms. The molecule has 0 N–H and O–H groups in total. The summed E-state index contributed by atoms with van der Waals surface area (Å²) in [5, 5.41) is 4.52. The van der Waals surface area contributed by atoms with Crippen LogP contribution in [0.5, 0.6) is 5.88 Å². The molecule has 8 heteroatoms. The second-order valence-corrected chi connectivity index (χ2v) is 7.23. The van der Waals surface area contributed by atoms with Crippen LogP contribution in [0.15, 0.2) is 24.3 Å². The Morgan fingerprint density at radius 1 is 1.18 bits per heavy atom. The van der Waals surface area contributed by atoms with E-state index in [1.807, 2.05) is 6.92 Å². The summed E-state index contributed by atoms with van der Waals surface area (Å²) in [7, 11) is 0. The molecule has 156 valence electrons. The van der Waals surface area contributed by atoms with E-state index >= 15 is 0 Å². The smallest absolute Gasteiger partial charge is 0.248 e. The first kappa shape index (κ1) is 22.5. The number of aryl methyl sites for hydroxylation is 1. The van der Waals surface area contributed by atoms with Crippen LogP contribution in [-0.4, -0.2) is 15.7 Å². The minimum Gasteiger partial charge on any atom is -0.473 e. The van der Waals surface area contributed by atoms with Gasteiger partial charge in [0.25, 0.3) is 0 Å². The number of nitrogens with zero attached hydrogens (tertiary/aromatic N) is 2. The molecule has 0 atom stereocenters. The second kappa shape index (κ2) is 9.63. The number of rotatable bonds is 7. The van der Waals surface area contributed by atoms with Crippen molar-refractivity contribution in [2.45, 2.75) is 64.5 Å². The zero-order chi connectivity index (χ0) is 19.4. The number of aromatic nitrogens is 2. The number of halogens is 5. The highest BCUT2D eigenvalue weighted by Crippen LogP contribution is 2.37. The predicted molar refractivity (Wildman–Crippen MR) is 101 cm³/mol. The van der Waals surface area contributed by atoms with Gasteiger partial charge in [-0.3, -0.25) is 0 Å². The molecule has 1 saturated carbocycles. The summed E-state index contributed by atoms with van der Waals surface area (Å²) < 4.78 is 61.3. The number of alkyl halides is 2. The molecule has 2 aromatic rings. The normalized spacial score (nSPS) is 16.6. The van der Waals surface area contributed by atoms with E-state index in [-0.39, 0.29) is 43.3 Å². The maximum atomic E-state index is 13.8. The summed E-state index contributed by atoms with van der Waals surface area (Å²) in [6, 6.07) is 5.02. The number of benzene rings is 1. The monoisotopic (exact) mass is 420 g/mol. The van der Waals surface area contributed by atoms with Crippen LogP contribution in [0.2, 0.25) is 0 Å². The average molecular weight is 421 g/mol. The van der Waals surface area contributed by atoms with Gasteiger partial charge in [0.1, 0.15) is 18.2 Å². The van der Waals surface area contributed by atoms with E-state index in [0.717, 1.165) is 36.7 Å². The van der Waals surface area contributed by atoms with Crippen LogP contribution >= 0.6 is 12.4 Å². The quantitative estimate of drug-likeness (QED) is 0.518. The molecule has 0 bridgehead atoms. The van der Waals surface area contributed by atoms with E-state index in [0.29, 0.717) is 25.3 Å². The van der Waals surface area contributed by atoms with Crippen molar-refractivity contribution in [3.05, 3.63) is 47.2 Å². The summed E-state index contributed by atoms with van der Waals surface area (Å²) in [6.45, 7) is 2.40. The van der Waals surface area contributed by atoms with Gasteiger partial charge in [-0.2, -0.15) is 5.10 Å². The molecule has 0 unspecified atom stereocenters. The molecule has 0 saturated heterocycles. The number of hydrogen-bond donors (Lipinski definition) is 0. The van der Waals surface area contributed by atoms with Crippen LogP contribution in [0, 0.1) is 17.6 Å². The van der Waals surface area contributed by atoms with Crippen molar-refractivity contribution in [2.75, 3.05) is 0 Å². The fourth-order valence-corrected chi connectivity index (χ4v) is 3.41. The second-order valence-electron chi connectivity index (χ2n) is 7.23. The van der Waals surface area contributed by atoms with Crippen molar-refractivity contribution in [2.24, 2.45) is 5.92 Å². The van der Waals surface area contributed by atoms with Crippen molar-refractivity contribution in [1.82, 2.24) is 9.78 Å². The molecule has 3 nitrogen and oxygen atoms in total. The third kappa shape index (κ3) is 5.87. The Labute approximate surface area is 168 Å². The van der Waals surface area contributed by atoms with Crippen molar-refractivity contribution in [3.8, 4) is 5.88 Å². The molecule has 1 fully saturated rings. The topological polar surface area (TPSA) is 27.1 Å². The third-order valence-corrected chi connectivity index (χ3v) is 4.95. The highest BCUT2D eigenvalue weighted by atomic mass is 35.5. The Balaban J connectivity index is 0.00000280. The molecule has 1 aromatic heterocycles. The molecule has 1 aliphatic carbocycles. The molecule has 3 rings (SSSR count). The van der Waals surface area contributed by atoms with Crippen LogP contribution in [0.4, 0.5) is 17.6 Å². The lowest BCUT2D eigenvalue weighted by Crippen LogP contribution is -2.27. The predicted octanol–water partition coefficient (Wildman–Crippen LogP) is 5.94. The summed E-state index contributed by atoms with van der Waals surface area (Å²) in [5.74, 6) is -3.07. The summed E-state index contributed by atoms with van der Waals surface area (Å²) in [5.41, 5.74) is 0.963. The van der Waals surface area contributed by atoms with Gasteiger partial charge in [-0.05, 0) is 43.4 Å². The van der Waals surface area contributed by atoms with Gasteiger partial charge in [0.05, 0.1) is 5.69 Å². The van der Waals surface area contributed by atoms with Crippen molar-refractivity contribution >= 4 is 12.4 Å². The van der Waals surface area contributed by atoms with E-state index in [1.165, 1.54) is 0 Å². The standard InChI is InChI=1S/C20H24F4N2O.ClH/c1-2-3-17-11-19(27-13-15-10-16(21)4-5-18(15)22)26(25-17)12-14-6-8-20(23,24)9-7-14;/h4-5,10-11,14H,2-3,6-9,12-13H2,1H3;1H. The van der Waals surface area contributed by atoms with Crippen LogP contribution in [0.1, 0.15) is 50.3 Å². The van der Waals surface area contributed by atoms with E-state index in [2.05, 4.69) is 5.10 Å². The van der Waals surface area contributed by atoms with Crippen molar-refractivity contribution in [3.63, 3.8) is 0 Å². The molecular formula is C20H25ClF4N2O. The third-order valence-electron chi connectivity index (χ3n) is 4.95. The fraction of sp³-hybridized carbons (Fsp3) is 0.550. The minimum atomic E-state index is -2.57. The molecule has 0 spiro atoms. The molecule has 0 amide bonds. The Kier molecular flexibility index (Phi) is 7.75. The van der Waals surface area contributed by atoms with Crippen LogP contribution in [0.25, 0.3) is 0 Å². The first-order valence-corrected chi connectivity index (χ1v) is 9.37. The zero-order valence-electron chi connectivity index (χ0n) is 15.8. The van der Waals surface area contributed by atoms with Gasteiger partial charge < -0.3 is 4.74 Å². The van der Waals surface area contributed by atoms with Crippen LogP contribution in [-0.2, 0) is 19.6 Å². The highest BCUT2D eigenvalue weighted by Gasteiger charge is 2.35. The molecular weight excluding hydrogens is 396 g/mol. The van der Waals surface area contributed by atoms with Crippen molar-refractivity contribution < 1.29 is 22.3 Å². The molecule has 0 aliphatic heterocycles. The summed E-state index contributed by atoms with van der Waals surface area (Å²) in [4.78, 5) is 0. The van der Waals surface area contributed by atoms with Gasteiger partial charge in [-0.15, -0.1) is 12.4 Å². The van der Waals surface area contributed by atoms with Crippen LogP contribution < -0.4 is 4.74 Å². The Morgan fingerprint density at radius 2 is 1.89 bits per heavy atom. The van der Waals surface area contributed by atoms with Gasteiger partial charge in [0.2, 0.25) is 11.8 Å². The summed E-state index contributed by atoms with van der Waals surface area (Å²) in [6.07, 6.45) is 2.34. The SMILES string of the molecule is CCCc1cc(OCc2cc(F)ccc2F)n(CC2CCC(F)(F)CC2)n1.Cl. The first-order chi connectivity index (χ1) is 12.9. The lowest BCUT2D eigenvalue weighted by molar-refractivity contribution is -0.0478. The minimum absolute atomic E-state index is 0. The van der Waals surface area contributed by atoms with Gasteiger partial charge >= 0.3 is 0 Å². The summed E-state index contributed by atoms with van der Waals surface area (Å²) >= 11 is 0. The van der Waals surface area contributed by atoms with E-state index < -0.39 is 17.6 Å². The maximum absolute atomic E-state index is 13.8. The maximum Gasteiger partial charge on any atom is 0.248 e. The first-order valence-electron chi connectivity index (χ1n) is 9.37. The van der Waals surface area contributed by atoms with E-state index in [1.54, 1.807) is 10.7 Å². The van der Waals surface area contributed by atoms with E-state index in [9.17, 15) is 17.6 Å². The van der Waals surface area contributed by atoms with Gasteiger partial charge in [-0.25, -0.2) is 22.2 Å². The van der Waals surface area contributed by atoms with E-state index in [4.69, 9.17) is 4.74 Å². The zero-order valence-corrected chi connectivity index (χ0v) is 16.6. The number of hydrogen-bond acceptors (Lipinski definition) is 2. The Hall–Kier alpha value is -1.76. The molecule has 1 aromatic carbocycles. The largest absolute Gasteiger partial charge is 0.473 e. The Morgan fingerprint density at radius 3 is 2.57 bits per heavy atom.